The zero-order valence-corrected chi connectivity index (χ0v) is 7.30. The average molecular weight is 214 g/mol. The number of carbonyl (C=O) groups is 1. The summed E-state index contributed by atoms with van der Waals surface area (Å²) < 4.78 is 36.3. The predicted molar refractivity (Wildman–Crippen MR) is 45.7 cm³/mol. The fraction of sp³-hybridized carbons (Fsp3) is 0.111. The van der Waals surface area contributed by atoms with Crippen LogP contribution in [0.1, 0.15) is 5.56 Å². The smallest absolute Gasteiger partial charge is 0.313 e. The Labute approximate surface area is 83.1 Å². The SMILES string of the molecule is N#CC(=O)Nc1ccc(C(F)(F)F)cc1. The summed E-state index contributed by atoms with van der Waals surface area (Å²) in [6, 6.07) is 5.10. The van der Waals surface area contributed by atoms with Crippen LogP contribution in [-0.2, 0) is 11.0 Å². The zero-order valence-electron chi connectivity index (χ0n) is 7.30. The van der Waals surface area contributed by atoms with Crippen molar-refractivity contribution in [3.63, 3.8) is 0 Å². The molecule has 1 aromatic rings. The number of anilines is 1. The van der Waals surface area contributed by atoms with Crippen molar-refractivity contribution in [2.45, 2.75) is 6.18 Å². The summed E-state index contributed by atoms with van der Waals surface area (Å²) in [5, 5.41) is 10.2. The summed E-state index contributed by atoms with van der Waals surface area (Å²) in [6.45, 7) is 0. The molecule has 0 saturated heterocycles. The van der Waals surface area contributed by atoms with Crippen LogP contribution < -0.4 is 5.32 Å². The molecule has 0 unspecified atom stereocenters. The number of nitriles is 1. The molecule has 0 spiro atoms. The maximum absolute atomic E-state index is 12.1. The predicted octanol–water partition coefficient (Wildman–Crippen LogP) is 2.17. The van der Waals surface area contributed by atoms with E-state index in [1.165, 1.54) is 6.07 Å². The lowest BCUT2D eigenvalue weighted by atomic mass is 10.2. The highest BCUT2D eigenvalue weighted by atomic mass is 19.4. The molecule has 1 aromatic carbocycles. The van der Waals surface area contributed by atoms with Crippen molar-refractivity contribution < 1.29 is 18.0 Å². The van der Waals surface area contributed by atoms with Crippen molar-refractivity contribution in [1.29, 1.82) is 5.26 Å². The molecule has 6 heteroatoms. The van der Waals surface area contributed by atoms with E-state index in [0.29, 0.717) is 0 Å². The minimum atomic E-state index is -4.40. The minimum Gasteiger partial charge on any atom is -0.313 e. The van der Waals surface area contributed by atoms with E-state index in [9.17, 15) is 18.0 Å². The number of hydrogen-bond acceptors (Lipinski definition) is 2. The van der Waals surface area contributed by atoms with Gasteiger partial charge >= 0.3 is 12.1 Å². The average Bonchev–Trinajstić information content (AvgIpc) is 2.17. The fourth-order valence-electron chi connectivity index (χ4n) is 0.902. The highest BCUT2D eigenvalue weighted by Crippen LogP contribution is 2.29. The van der Waals surface area contributed by atoms with E-state index in [2.05, 4.69) is 5.32 Å². The van der Waals surface area contributed by atoms with E-state index in [4.69, 9.17) is 5.26 Å². The summed E-state index contributed by atoms with van der Waals surface area (Å²) in [4.78, 5) is 10.6. The first-order valence-corrected chi connectivity index (χ1v) is 3.82. The summed E-state index contributed by atoms with van der Waals surface area (Å²) in [5.74, 6) is -0.922. The first-order valence-electron chi connectivity index (χ1n) is 3.82. The lowest BCUT2D eigenvalue weighted by molar-refractivity contribution is -0.137. The van der Waals surface area contributed by atoms with Gasteiger partial charge in [0.1, 0.15) is 0 Å². The lowest BCUT2D eigenvalue weighted by Gasteiger charge is -2.06. The Morgan fingerprint density at radius 2 is 1.80 bits per heavy atom. The molecule has 1 amide bonds. The zero-order chi connectivity index (χ0) is 11.5. The van der Waals surface area contributed by atoms with Crippen molar-refractivity contribution in [2.75, 3.05) is 5.32 Å². The van der Waals surface area contributed by atoms with E-state index in [0.717, 1.165) is 24.3 Å². The molecular formula is C9H5F3N2O. The van der Waals surface area contributed by atoms with Crippen LogP contribution in [0, 0.1) is 11.3 Å². The number of carbonyl (C=O) groups excluding carboxylic acids is 1. The molecule has 0 saturated carbocycles. The van der Waals surface area contributed by atoms with Gasteiger partial charge in [0.05, 0.1) is 5.56 Å². The summed E-state index contributed by atoms with van der Waals surface area (Å²) in [7, 11) is 0. The monoisotopic (exact) mass is 214 g/mol. The van der Waals surface area contributed by atoms with Gasteiger partial charge in [-0.25, -0.2) is 0 Å². The molecule has 0 heterocycles. The van der Waals surface area contributed by atoms with Gasteiger partial charge in [-0.1, -0.05) is 0 Å². The van der Waals surface area contributed by atoms with Crippen molar-refractivity contribution in [3.8, 4) is 6.07 Å². The van der Waals surface area contributed by atoms with Crippen molar-refractivity contribution in [3.05, 3.63) is 29.8 Å². The van der Waals surface area contributed by atoms with E-state index >= 15 is 0 Å². The third-order valence-corrected chi connectivity index (χ3v) is 1.57. The summed E-state index contributed by atoms with van der Waals surface area (Å²) in [6.07, 6.45) is -4.40. The number of rotatable bonds is 1. The Balaban J connectivity index is 2.83. The Bertz CT molecular complexity index is 403. The second-order valence-electron chi connectivity index (χ2n) is 2.64. The van der Waals surface area contributed by atoms with Crippen molar-refractivity contribution in [1.82, 2.24) is 0 Å². The Morgan fingerprint density at radius 3 is 2.20 bits per heavy atom. The molecule has 0 bridgehead atoms. The van der Waals surface area contributed by atoms with Gasteiger partial charge in [0.15, 0.2) is 6.07 Å². The van der Waals surface area contributed by atoms with Crippen LogP contribution in [0.25, 0.3) is 0 Å². The molecule has 0 aromatic heterocycles. The molecule has 0 aliphatic rings. The van der Waals surface area contributed by atoms with Gasteiger partial charge in [0, 0.05) is 5.69 Å². The fourth-order valence-corrected chi connectivity index (χ4v) is 0.902. The molecule has 0 aliphatic carbocycles. The first kappa shape index (κ1) is 11.0. The van der Waals surface area contributed by atoms with E-state index < -0.39 is 17.6 Å². The number of hydrogen-bond donors (Lipinski definition) is 1. The quantitative estimate of drug-likeness (QED) is 0.728. The van der Waals surface area contributed by atoms with Crippen molar-refractivity contribution in [2.24, 2.45) is 0 Å². The normalized spacial score (nSPS) is 10.5. The Kier molecular flexibility index (Phi) is 2.95. The molecule has 0 aliphatic heterocycles. The number of halogens is 3. The van der Waals surface area contributed by atoms with E-state index in [-0.39, 0.29) is 5.69 Å². The van der Waals surface area contributed by atoms with Gasteiger partial charge in [0.2, 0.25) is 0 Å². The second kappa shape index (κ2) is 4.00. The molecule has 1 N–H and O–H groups in total. The van der Waals surface area contributed by atoms with Gasteiger partial charge in [-0.2, -0.15) is 18.4 Å². The highest BCUT2D eigenvalue weighted by Gasteiger charge is 2.29. The largest absolute Gasteiger partial charge is 0.416 e. The molecule has 3 nitrogen and oxygen atoms in total. The lowest BCUT2D eigenvalue weighted by Crippen LogP contribution is -2.09. The van der Waals surface area contributed by atoms with Crippen LogP contribution in [0.15, 0.2) is 24.3 Å². The molecule has 0 fully saturated rings. The first-order chi connectivity index (χ1) is 6.93. The van der Waals surface area contributed by atoms with Crippen LogP contribution >= 0.6 is 0 Å². The molecule has 15 heavy (non-hydrogen) atoms. The summed E-state index contributed by atoms with van der Waals surface area (Å²) >= 11 is 0. The maximum atomic E-state index is 12.1. The standard InChI is InChI=1S/C9H5F3N2O/c10-9(11,12)6-1-3-7(4-2-6)14-8(15)5-13/h1-4H,(H,14,15). The van der Waals surface area contributed by atoms with Gasteiger partial charge < -0.3 is 5.32 Å². The third-order valence-electron chi connectivity index (χ3n) is 1.57. The molecule has 78 valence electrons. The second-order valence-corrected chi connectivity index (χ2v) is 2.64. The van der Waals surface area contributed by atoms with Gasteiger partial charge in [-0.3, -0.25) is 4.79 Å². The van der Waals surface area contributed by atoms with Gasteiger partial charge in [-0.15, -0.1) is 0 Å². The van der Waals surface area contributed by atoms with Crippen molar-refractivity contribution >= 4 is 11.6 Å². The molecule has 0 atom stereocenters. The molecule has 1 rings (SSSR count). The third kappa shape index (κ3) is 2.98. The van der Waals surface area contributed by atoms with E-state index in [1.807, 2.05) is 0 Å². The minimum absolute atomic E-state index is 0.148. The van der Waals surface area contributed by atoms with E-state index in [1.54, 1.807) is 0 Å². The summed E-state index contributed by atoms with van der Waals surface area (Å²) in [5.41, 5.74) is -0.660. The number of amides is 1. The maximum Gasteiger partial charge on any atom is 0.416 e. The topological polar surface area (TPSA) is 52.9 Å². The van der Waals surface area contributed by atoms with Crippen LogP contribution in [-0.4, -0.2) is 5.91 Å². The van der Waals surface area contributed by atoms with Gasteiger partial charge in [0.25, 0.3) is 0 Å². The molecule has 0 radical (unpaired) electrons. The van der Waals surface area contributed by atoms with Crippen LogP contribution in [0.3, 0.4) is 0 Å². The number of nitrogens with zero attached hydrogens (tertiary/aromatic N) is 1. The Hall–Kier alpha value is -2.03. The van der Waals surface area contributed by atoms with Crippen LogP contribution in [0.5, 0.6) is 0 Å². The molecular weight excluding hydrogens is 209 g/mol. The Morgan fingerprint density at radius 1 is 1.27 bits per heavy atom. The number of nitrogens with one attached hydrogen (secondary N) is 1. The number of alkyl halides is 3. The van der Waals surface area contributed by atoms with Crippen LogP contribution in [0.4, 0.5) is 18.9 Å². The number of benzene rings is 1. The highest BCUT2D eigenvalue weighted by molar-refractivity contribution is 6.02. The van der Waals surface area contributed by atoms with Crippen LogP contribution in [0.2, 0.25) is 0 Å². The van der Waals surface area contributed by atoms with Gasteiger partial charge in [-0.05, 0) is 24.3 Å².